The Morgan fingerprint density at radius 2 is 1.74 bits per heavy atom. The fourth-order valence-corrected chi connectivity index (χ4v) is 5.12. The number of carbonyl (C=O) groups is 3. The number of piperidine rings is 1. The van der Waals surface area contributed by atoms with Crippen molar-refractivity contribution in [3.05, 3.63) is 59.7 Å². The summed E-state index contributed by atoms with van der Waals surface area (Å²) in [4.78, 5) is 37.8. The van der Waals surface area contributed by atoms with Crippen molar-refractivity contribution in [2.45, 2.75) is 51.0 Å². The van der Waals surface area contributed by atoms with Gasteiger partial charge < -0.3 is 20.1 Å². The summed E-state index contributed by atoms with van der Waals surface area (Å²) in [5.74, 6) is -0.782. The molecule has 0 saturated carbocycles. The van der Waals surface area contributed by atoms with E-state index >= 15 is 0 Å². The lowest BCUT2D eigenvalue weighted by atomic mass is 9.94. The van der Waals surface area contributed by atoms with Gasteiger partial charge in [0.2, 0.25) is 5.91 Å². The molecule has 1 heterocycles. The molecule has 1 aliphatic heterocycles. The molecule has 2 unspecified atom stereocenters. The Bertz CT molecular complexity index is 1010. The molecule has 2 aliphatic rings. The van der Waals surface area contributed by atoms with Gasteiger partial charge in [-0.2, -0.15) is 0 Å². The minimum atomic E-state index is -0.819. The normalized spacial score (nSPS) is 18.0. The van der Waals surface area contributed by atoms with Crippen LogP contribution in [0.4, 0.5) is 4.79 Å². The molecular formula is C27H32N2O5. The molecule has 2 N–H and O–H groups in total. The van der Waals surface area contributed by atoms with Gasteiger partial charge in [0, 0.05) is 37.9 Å². The third-order valence-electron chi connectivity index (χ3n) is 6.83. The number of carboxylic acid groups (broad SMARTS) is 1. The molecule has 4 rings (SSSR count). The molecular weight excluding hydrogens is 432 g/mol. The van der Waals surface area contributed by atoms with Crippen LogP contribution in [-0.2, 0) is 14.3 Å². The Labute approximate surface area is 200 Å². The van der Waals surface area contributed by atoms with Gasteiger partial charge in [0.1, 0.15) is 6.61 Å². The fraction of sp³-hybridized carbons (Fsp3) is 0.444. The number of likely N-dealkylation sites (tertiary alicyclic amines) is 1. The van der Waals surface area contributed by atoms with Gasteiger partial charge in [-0.25, -0.2) is 4.79 Å². The van der Waals surface area contributed by atoms with Crippen LogP contribution >= 0.6 is 0 Å². The number of nitrogens with one attached hydrogen (secondary N) is 1. The second kappa shape index (κ2) is 10.7. The van der Waals surface area contributed by atoms with Crippen molar-refractivity contribution >= 4 is 18.0 Å². The molecule has 0 spiro atoms. The molecule has 0 radical (unpaired) electrons. The van der Waals surface area contributed by atoms with Crippen molar-refractivity contribution < 1.29 is 24.2 Å². The van der Waals surface area contributed by atoms with Gasteiger partial charge >= 0.3 is 12.1 Å². The van der Waals surface area contributed by atoms with Crippen LogP contribution in [0.15, 0.2) is 48.5 Å². The first-order chi connectivity index (χ1) is 16.4. The lowest BCUT2D eigenvalue weighted by molar-refractivity contribution is -0.140. The van der Waals surface area contributed by atoms with E-state index in [4.69, 9.17) is 9.84 Å². The maximum atomic E-state index is 12.6. The van der Waals surface area contributed by atoms with Crippen molar-refractivity contribution in [1.29, 1.82) is 0 Å². The maximum absolute atomic E-state index is 12.6. The van der Waals surface area contributed by atoms with Crippen LogP contribution in [0, 0.1) is 5.92 Å². The zero-order chi connectivity index (χ0) is 24.1. The highest BCUT2D eigenvalue weighted by molar-refractivity contribution is 5.79. The quantitative estimate of drug-likeness (QED) is 0.603. The van der Waals surface area contributed by atoms with E-state index in [0.717, 1.165) is 24.0 Å². The summed E-state index contributed by atoms with van der Waals surface area (Å²) >= 11 is 0. The number of hydrogen-bond donors (Lipinski definition) is 2. The smallest absolute Gasteiger partial charge is 0.407 e. The molecule has 1 aliphatic carbocycles. The maximum Gasteiger partial charge on any atom is 0.407 e. The first-order valence-corrected chi connectivity index (χ1v) is 12.0. The highest BCUT2D eigenvalue weighted by Crippen LogP contribution is 2.44. The number of fused-ring (bicyclic) bond motifs is 3. The lowest BCUT2D eigenvalue weighted by Crippen LogP contribution is -2.41. The summed E-state index contributed by atoms with van der Waals surface area (Å²) in [7, 11) is 0. The van der Waals surface area contributed by atoms with Crippen molar-refractivity contribution in [3.63, 3.8) is 0 Å². The Morgan fingerprint density at radius 3 is 2.38 bits per heavy atom. The van der Waals surface area contributed by atoms with Crippen LogP contribution in [0.2, 0.25) is 0 Å². The zero-order valence-electron chi connectivity index (χ0n) is 19.5. The minimum Gasteiger partial charge on any atom is -0.481 e. The van der Waals surface area contributed by atoms with Crippen molar-refractivity contribution in [2.24, 2.45) is 5.92 Å². The monoisotopic (exact) mass is 464 g/mol. The molecule has 0 bridgehead atoms. The van der Waals surface area contributed by atoms with Gasteiger partial charge in [0.25, 0.3) is 0 Å². The van der Waals surface area contributed by atoms with Gasteiger partial charge in [0.15, 0.2) is 0 Å². The molecule has 2 atom stereocenters. The van der Waals surface area contributed by atoms with E-state index in [1.54, 1.807) is 4.90 Å². The number of nitrogens with zero attached hydrogens (tertiary/aromatic N) is 1. The highest BCUT2D eigenvalue weighted by atomic mass is 16.5. The van der Waals surface area contributed by atoms with Crippen LogP contribution < -0.4 is 5.32 Å². The molecule has 1 fully saturated rings. The van der Waals surface area contributed by atoms with E-state index in [1.807, 2.05) is 31.2 Å². The van der Waals surface area contributed by atoms with Gasteiger partial charge in [-0.15, -0.1) is 0 Å². The lowest BCUT2D eigenvalue weighted by Gasteiger charge is -2.32. The van der Waals surface area contributed by atoms with Crippen molar-refractivity contribution in [3.8, 4) is 11.1 Å². The summed E-state index contributed by atoms with van der Waals surface area (Å²) in [5.41, 5.74) is 4.69. The summed E-state index contributed by atoms with van der Waals surface area (Å²) in [6.07, 6.45) is 2.10. The molecule has 7 heteroatoms. The topological polar surface area (TPSA) is 95.9 Å². The zero-order valence-corrected chi connectivity index (χ0v) is 19.5. The number of hydrogen-bond acceptors (Lipinski definition) is 4. The minimum absolute atomic E-state index is 0.00730. The van der Waals surface area contributed by atoms with E-state index in [9.17, 15) is 14.4 Å². The Kier molecular flexibility index (Phi) is 7.50. The molecule has 2 aromatic rings. The molecule has 2 aromatic carbocycles. The standard InChI is InChI=1S/C27H32N2O5/c1-18(12-13-25(30)29-14-6-7-19(16-29)15-26(31)32)28-27(33)34-17-24-22-10-4-2-8-20(22)21-9-3-5-11-23(21)24/h2-5,8-11,18-19,24H,6-7,12-17H2,1H3,(H,28,33)(H,31,32). The van der Waals surface area contributed by atoms with E-state index in [0.29, 0.717) is 25.9 Å². The molecule has 7 nitrogen and oxygen atoms in total. The second-order valence-electron chi connectivity index (χ2n) is 9.36. The molecule has 34 heavy (non-hydrogen) atoms. The van der Waals surface area contributed by atoms with Gasteiger partial charge in [0.05, 0.1) is 0 Å². The second-order valence-corrected chi connectivity index (χ2v) is 9.36. The predicted octanol–water partition coefficient (Wildman–Crippen LogP) is 4.41. The number of benzene rings is 2. The van der Waals surface area contributed by atoms with Gasteiger partial charge in [-0.1, -0.05) is 48.5 Å². The predicted molar refractivity (Wildman–Crippen MR) is 128 cm³/mol. The van der Waals surface area contributed by atoms with Crippen molar-refractivity contribution in [1.82, 2.24) is 10.2 Å². The number of rotatable bonds is 8. The number of amides is 2. The van der Waals surface area contributed by atoms with Crippen LogP contribution in [0.25, 0.3) is 11.1 Å². The largest absolute Gasteiger partial charge is 0.481 e. The number of alkyl carbamates (subject to hydrolysis) is 1. The molecule has 1 saturated heterocycles. The average Bonchev–Trinajstić information content (AvgIpc) is 3.15. The number of carbonyl (C=O) groups excluding carboxylic acids is 2. The van der Waals surface area contributed by atoms with Gasteiger partial charge in [-0.3, -0.25) is 9.59 Å². The molecule has 2 amide bonds. The van der Waals surface area contributed by atoms with Gasteiger partial charge in [-0.05, 0) is 54.4 Å². The third-order valence-corrected chi connectivity index (χ3v) is 6.83. The van der Waals surface area contributed by atoms with Crippen LogP contribution in [0.1, 0.15) is 56.1 Å². The molecule has 180 valence electrons. The number of ether oxygens (including phenoxy) is 1. The van der Waals surface area contributed by atoms with E-state index in [1.165, 1.54) is 11.1 Å². The number of aliphatic carboxylic acids is 1. The summed E-state index contributed by atoms with van der Waals surface area (Å²) in [6, 6.07) is 16.2. The number of carboxylic acids is 1. The van der Waals surface area contributed by atoms with Crippen LogP contribution in [0.3, 0.4) is 0 Å². The first kappa shape index (κ1) is 23.8. The third kappa shape index (κ3) is 5.58. The average molecular weight is 465 g/mol. The molecule has 0 aromatic heterocycles. The fourth-order valence-electron chi connectivity index (χ4n) is 5.12. The van der Waals surface area contributed by atoms with Crippen LogP contribution in [0.5, 0.6) is 0 Å². The summed E-state index contributed by atoms with van der Waals surface area (Å²) < 4.78 is 5.58. The van der Waals surface area contributed by atoms with E-state index < -0.39 is 12.1 Å². The first-order valence-electron chi connectivity index (χ1n) is 12.0. The Hall–Kier alpha value is -3.35. The summed E-state index contributed by atoms with van der Waals surface area (Å²) in [6.45, 7) is 3.28. The van der Waals surface area contributed by atoms with E-state index in [2.05, 4.69) is 29.6 Å². The van der Waals surface area contributed by atoms with E-state index in [-0.39, 0.29) is 36.8 Å². The highest BCUT2D eigenvalue weighted by Gasteiger charge is 2.29. The summed E-state index contributed by atoms with van der Waals surface area (Å²) in [5, 5.41) is 11.8. The van der Waals surface area contributed by atoms with Crippen molar-refractivity contribution in [2.75, 3.05) is 19.7 Å². The Morgan fingerprint density at radius 1 is 1.09 bits per heavy atom. The Balaban J connectivity index is 1.23. The SMILES string of the molecule is CC(CCC(=O)N1CCCC(CC(=O)O)C1)NC(=O)OCC1c2ccccc2-c2ccccc21. The van der Waals surface area contributed by atoms with Crippen LogP contribution in [-0.4, -0.2) is 53.7 Å².